The molecule has 7 nitrogen and oxygen atoms in total. The van der Waals surface area contributed by atoms with Crippen LogP contribution in [0.2, 0.25) is 0 Å². The van der Waals surface area contributed by atoms with Crippen molar-refractivity contribution in [1.29, 1.82) is 0 Å². The van der Waals surface area contributed by atoms with Crippen LogP contribution in [0.3, 0.4) is 0 Å². The van der Waals surface area contributed by atoms with E-state index in [0.717, 1.165) is 30.5 Å². The van der Waals surface area contributed by atoms with Gasteiger partial charge in [0, 0.05) is 37.3 Å². The van der Waals surface area contributed by atoms with Crippen molar-refractivity contribution in [2.45, 2.75) is 26.2 Å². The molecular formula is C15H21N3O4S. The molecule has 0 aliphatic carbocycles. The van der Waals surface area contributed by atoms with Crippen LogP contribution in [0.4, 0.5) is 11.4 Å². The third kappa shape index (κ3) is 5.04. The largest absolute Gasteiger partial charge is 0.326 e. The number of rotatable bonds is 6. The first kappa shape index (κ1) is 17.4. The average molecular weight is 339 g/mol. The summed E-state index contributed by atoms with van der Waals surface area (Å²) in [5.41, 5.74) is 2.40. The number of aryl methyl sites for hydroxylation is 1. The average Bonchev–Trinajstić information content (AvgIpc) is 2.83. The lowest BCUT2D eigenvalue weighted by Gasteiger charge is -2.19. The highest BCUT2D eigenvalue weighted by molar-refractivity contribution is 7.88. The van der Waals surface area contributed by atoms with Gasteiger partial charge >= 0.3 is 0 Å². The summed E-state index contributed by atoms with van der Waals surface area (Å²) in [6, 6.07) is 5.38. The van der Waals surface area contributed by atoms with Gasteiger partial charge in [-0.25, -0.2) is 13.1 Å². The lowest BCUT2D eigenvalue weighted by atomic mass is 10.1. The van der Waals surface area contributed by atoms with Gasteiger partial charge in [-0.2, -0.15) is 0 Å². The Morgan fingerprint density at radius 3 is 2.65 bits per heavy atom. The zero-order chi connectivity index (χ0) is 17.0. The fourth-order valence-electron chi connectivity index (χ4n) is 2.51. The highest BCUT2D eigenvalue weighted by Crippen LogP contribution is 2.27. The van der Waals surface area contributed by atoms with Gasteiger partial charge in [0.1, 0.15) is 0 Å². The van der Waals surface area contributed by atoms with E-state index in [1.165, 1.54) is 0 Å². The molecule has 1 fully saturated rings. The molecule has 23 heavy (non-hydrogen) atoms. The van der Waals surface area contributed by atoms with Gasteiger partial charge in [-0.3, -0.25) is 9.59 Å². The maximum atomic E-state index is 11.8. The van der Waals surface area contributed by atoms with Gasteiger partial charge in [-0.05, 0) is 37.1 Å². The van der Waals surface area contributed by atoms with Crippen molar-refractivity contribution in [2.75, 3.05) is 29.6 Å². The summed E-state index contributed by atoms with van der Waals surface area (Å²) < 4.78 is 24.1. The Morgan fingerprint density at radius 1 is 1.35 bits per heavy atom. The first-order valence-corrected chi connectivity index (χ1v) is 9.31. The van der Waals surface area contributed by atoms with E-state index in [4.69, 9.17) is 0 Å². The number of amides is 2. The summed E-state index contributed by atoms with van der Waals surface area (Å²) in [6.07, 6.45) is 2.54. The number of hydrogen-bond donors (Lipinski definition) is 2. The second kappa shape index (κ2) is 7.10. The number of anilines is 2. The molecule has 1 aromatic rings. The van der Waals surface area contributed by atoms with Crippen molar-refractivity contribution in [3.63, 3.8) is 0 Å². The first-order valence-electron chi connectivity index (χ1n) is 7.42. The van der Waals surface area contributed by atoms with Crippen molar-refractivity contribution < 1.29 is 18.0 Å². The molecule has 2 amide bonds. The Kier molecular flexibility index (Phi) is 5.38. The summed E-state index contributed by atoms with van der Waals surface area (Å²) >= 11 is 0. The zero-order valence-electron chi connectivity index (χ0n) is 13.3. The molecule has 1 aliphatic heterocycles. The van der Waals surface area contributed by atoms with Gasteiger partial charge in [0.15, 0.2) is 0 Å². The summed E-state index contributed by atoms with van der Waals surface area (Å²) in [4.78, 5) is 25.3. The van der Waals surface area contributed by atoms with Crippen LogP contribution in [-0.2, 0) is 19.6 Å². The lowest BCUT2D eigenvalue weighted by Crippen LogP contribution is -2.26. The SMILES string of the molecule is Cc1cc(NC(=O)CCNS(C)(=O)=O)ccc1N1CCCC1=O. The van der Waals surface area contributed by atoms with E-state index in [0.29, 0.717) is 12.1 Å². The molecule has 0 spiro atoms. The van der Waals surface area contributed by atoms with Crippen molar-refractivity contribution in [1.82, 2.24) is 4.72 Å². The molecule has 1 aromatic carbocycles. The Balaban J connectivity index is 1.95. The van der Waals surface area contributed by atoms with Crippen LogP contribution in [0.1, 0.15) is 24.8 Å². The molecule has 0 unspecified atom stereocenters. The molecule has 2 N–H and O–H groups in total. The van der Waals surface area contributed by atoms with E-state index in [9.17, 15) is 18.0 Å². The maximum absolute atomic E-state index is 11.8. The smallest absolute Gasteiger partial charge is 0.227 e. The number of carbonyl (C=O) groups excluding carboxylic acids is 2. The van der Waals surface area contributed by atoms with Crippen molar-refractivity contribution in [3.05, 3.63) is 23.8 Å². The molecule has 126 valence electrons. The topological polar surface area (TPSA) is 95.6 Å². The Labute approximate surface area is 136 Å². The highest BCUT2D eigenvalue weighted by Gasteiger charge is 2.22. The number of benzene rings is 1. The van der Waals surface area contributed by atoms with Gasteiger partial charge in [0.05, 0.1) is 6.26 Å². The van der Waals surface area contributed by atoms with Crippen molar-refractivity contribution in [3.8, 4) is 0 Å². The zero-order valence-corrected chi connectivity index (χ0v) is 14.1. The van der Waals surface area contributed by atoms with Crippen LogP contribution in [0.5, 0.6) is 0 Å². The Hall–Kier alpha value is -1.93. The molecule has 0 bridgehead atoms. The second-order valence-corrected chi connectivity index (χ2v) is 7.45. The minimum atomic E-state index is -3.29. The van der Waals surface area contributed by atoms with Gasteiger partial charge in [0.25, 0.3) is 0 Å². The van der Waals surface area contributed by atoms with E-state index in [1.807, 2.05) is 19.1 Å². The van der Waals surface area contributed by atoms with Crippen LogP contribution in [0.15, 0.2) is 18.2 Å². The molecule has 0 saturated carbocycles. The van der Waals surface area contributed by atoms with Crippen LogP contribution < -0.4 is 14.9 Å². The molecule has 0 atom stereocenters. The molecule has 8 heteroatoms. The predicted octanol–water partition coefficient (Wildman–Crippen LogP) is 1.000. The summed E-state index contributed by atoms with van der Waals surface area (Å²) in [7, 11) is -3.29. The van der Waals surface area contributed by atoms with Crippen molar-refractivity contribution >= 4 is 33.2 Å². The van der Waals surface area contributed by atoms with Gasteiger partial charge in [0.2, 0.25) is 21.8 Å². The normalized spacial score (nSPS) is 15.0. The summed E-state index contributed by atoms with van der Waals surface area (Å²) in [5.74, 6) is -0.151. The van der Waals surface area contributed by atoms with E-state index in [2.05, 4.69) is 10.0 Å². The van der Waals surface area contributed by atoms with Crippen LogP contribution in [0.25, 0.3) is 0 Å². The standard InChI is InChI=1S/C15H21N3O4S/c1-11-10-12(17-14(19)7-8-16-23(2,21)22)5-6-13(11)18-9-3-4-15(18)20/h5-6,10,16H,3-4,7-9H2,1-2H3,(H,17,19). The molecule has 1 heterocycles. The monoisotopic (exact) mass is 339 g/mol. The third-order valence-corrected chi connectivity index (χ3v) is 4.29. The van der Waals surface area contributed by atoms with E-state index >= 15 is 0 Å². The van der Waals surface area contributed by atoms with Crippen LogP contribution in [0, 0.1) is 6.92 Å². The fourth-order valence-corrected chi connectivity index (χ4v) is 2.99. The Morgan fingerprint density at radius 2 is 2.09 bits per heavy atom. The van der Waals surface area contributed by atoms with Gasteiger partial charge in [-0.1, -0.05) is 0 Å². The molecule has 1 saturated heterocycles. The molecule has 1 aliphatic rings. The number of sulfonamides is 1. The minimum absolute atomic E-state index is 0.0540. The third-order valence-electron chi connectivity index (χ3n) is 3.56. The van der Waals surface area contributed by atoms with E-state index in [-0.39, 0.29) is 24.8 Å². The van der Waals surface area contributed by atoms with E-state index in [1.54, 1.807) is 11.0 Å². The first-order chi connectivity index (χ1) is 10.8. The second-order valence-electron chi connectivity index (χ2n) is 5.61. The minimum Gasteiger partial charge on any atom is -0.326 e. The molecular weight excluding hydrogens is 318 g/mol. The summed E-state index contributed by atoms with van der Waals surface area (Å²) in [5, 5.41) is 2.72. The van der Waals surface area contributed by atoms with Crippen LogP contribution in [-0.4, -0.2) is 39.6 Å². The van der Waals surface area contributed by atoms with Gasteiger partial charge in [-0.15, -0.1) is 0 Å². The van der Waals surface area contributed by atoms with Crippen LogP contribution >= 0.6 is 0 Å². The van der Waals surface area contributed by atoms with E-state index < -0.39 is 10.0 Å². The maximum Gasteiger partial charge on any atom is 0.227 e. The number of carbonyl (C=O) groups is 2. The van der Waals surface area contributed by atoms with Gasteiger partial charge < -0.3 is 10.2 Å². The number of nitrogens with one attached hydrogen (secondary N) is 2. The highest BCUT2D eigenvalue weighted by atomic mass is 32.2. The Bertz CT molecular complexity index is 715. The van der Waals surface area contributed by atoms with Crippen molar-refractivity contribution in [2.24, 2.45) is 0 Å². The lowest BCUT2D eigenvalue weighted by molar-refractivity contribution is -0.117. The molecule has 0 aromatic heterocycles. The molecule has 2 rings (SSSR count). The fraction of sp³-hybridized carbons (Fsp3) is 0.467. The number of nitrogens with zero attached hydrogens (tertiary/aromatic N) is 1. The number of hydrogen-bond acceptors (Lipinski definition) is 4. The summed E-state index contributed by atoms with van der Waals surface area (Å²) in [6.45, 7) is 2.67. The predicted molar refractivity (Wildman–Crippen MR) is 88.9 cm³/mol. The quantitative estimate of drug-likeness (QED) is 0.808. The molecule has 0 radical (unpaired) electrons.